The minimum absolute atomic E-state index is 0.0334. The van der Waals surface area contributed by atoms with Crippen LogP contribution in [-0.4, -0.2) is 18.6 Å². The number of rotatable bonds is 2. The van der Waals surface area contributed by atoms with Crippen molar-refractivity contribution in [2.75, 3.05) is 0 Å². The maximum Gasteiger partial charge on any atom is 0.211 e. The van der Waals surface area contributed by atoms with E-state index in [1.165, 1.54) is 6.07 Å². The van der Waals surface area contributed by atoms with Crippen molar-refractivity contribution in [3.05, 3.63) is 46.0 Å². The molecule has 2 aromatic carbocycles. The van der Waals surface area contributed by atoms with Gasteiger partial charge >= 0.3 is 0 Å². The van der Waals surface area contributed by atoms with Gasteiger partial charge in [-0.05, 0) is 62.9 Å². The number of hydrogen-bond acceptors (Lipinski definition) is 4. The summed E-state index contributed by atoms with van der Waals surface area (Å²) in [7, 11) is -3.93. The third-order valence-corrected chi connectivity index (χ3v) is 6.27. The molecule has 4 nitrogen and oxygen atoms in total. The molecule has 0 spiro atoms. The normalized spacial score (nSPS) is 11.7. The Labute approximate surface area is 131 Å². The van der Waals surface area contributed by atoms with Crippen LogP contribution in [0.2, 0.25) is 0 Å². The molecular weight excluding hydrogens is 300 g/mol. The van der Waals surface area contributed by atoms with Crippen molar-refractivity contribution in [1.29, 1.82) is 0 Å². The van der Waals surface area contributed by atoms with E-state index in [1.54, 1.807) is 46.8 Å². The number of hydrogen-bond donors (Lipinski definition) is 2. The van der Waals surface area contributed by atoms with Crippen molar-refractivity contribution in [2.24, 2.45) is 0 Å². The molecule has 0 saturated carbocycles. The van der Waals surface area contributed by atoms with Crippen LogP contribution in [0, 0.1) is 34.6 Å². The quantitative estimate of drug-likeness (QED) is 0.888. The smallest absolute Gasteiger partial charge is 0.211 e. The zero-order chi connectivity index (χ0) is 16.8. The van der Waals surface area contributed by atoms with Gasteiger partial charge in [0.05, 0.1) is 4.90 Å². The molecule has 0 saturated heterocycles. The van der Waals surface area contributed by atoms with E-state index >= 15 is 0 Å². The standard InChI is InChI=1S/C17H20O4S/c1-9-6-7-14(18)17(12(9)4)22(20,21)16-11(3)8-10(2)15(19)13(16)5/h6-8,18-19H,1-5H3. The van der Waals surface area contributed by atoms with Crippen LogP contribution in [0.3, 0.4) is 0 Å². The van der Waals surface area contributed by atoms with Gasteiger partial charge in [-0.15, -0.1) is 0 Å². The summed E-state index contributed by atoms with van der Waals surface area (Å²) in [6.07, 6.45) is 0. The van der Waals surface area contributed by atoms with Crippen molar-refractivity contribution >= 4 is 9.84 Å². The fourth-order valence-corrected chi connectivity index (χ4v) is 4.88. The minimum Gasteiger partial charge on any atom is -0.507 e. The molecule has 0 fully saturated rings. The number of sulfone groups is 1. The second-order valence-electron chi connectivity index (χ2n) is 5.67. The Kier molecular flexibility index (Phi) is 3.96. The topological polar surface area (TPSA) is 74.6 Å². The van der Waals surface area contributed by atoms with Gasteiger partial charge in [-0.25, -0.2) is 8.42 Å². The van der Waals surface area contributed by atoms with E-state index in [0.717, 1.165) is 5.56 Å². The van der Waals surface area contributed by atoms with Gasteiger partial charge in [-0.1, -0.05) is 12.1 Å². The largest absolute Gasteiger partial charge is 0.507 e. The molecule has 118 valence electrons. The number of benzene rings is 2. The van der Waals surface area contributed by atoms with Crippen molar-refractivity contribution in [1.82, 2.24) is 0 Å². The summed E-state index contributed by atoms with van der Waals surface area (Å²) in [5.74, 6) is -0.309. The number of aromatic hydroxyl groups is 2. The Balaban J connectivity index is 2.90. The zero-order valence-corrected chi connectivity index (χ0v) is 14.2. The SMILES string of the molecule is Cc1ccc(O)c(S(=O)(=O)c2c(C)cc(C)c(O)c2C)c1C. The van der Waals surface area contributed by atoms with Crippen molar-refractivity contribution in [3.8, 4) is 11.5 Å². The Morgan fingerprint density at radius 1 is 0.773 bits per heavy atom. The maximum atomic E-state index is 13.1. The van der Waals surface area contributed by atoms with E-state index in [4.69, 9.17) is 0 Å². The lowest BCUT2D eigenvalue weighted by atomic mass is 10.1. The Morgan fingerprint density at radius 3 is 1.95 bits per heavy atom. The van der Waals surface area contributed by atoms with Gasteiger partial charge in [0.15, 0.2) is 0 Å². The molecule has 0 aromatic heterocycles. The second-order valence-corrected chi connectivity index (χ2v) is 7.50. The summed E-state index contributed by atoms with van der Waals surface area (Å²) in [4.78, 5) is -0.0402. The van der Waals surface area contributed by atoms with Gasteiger partial charge in [0, 0.05) is 5.56 Å². The van der Waals surface area contributed by atoms with E-state index in [1.807, 2.05) is 0 Å². The first-order valence-electron chi connectivity index (χ1n) is 6.93. The molecule has 0 aliphatic heterocycles. The minimum atomic E-state index is -3.93. The first-order valence-corrected chi connectivity index (χ1v) is 8.41. The lowest BCUT2D eigenvalue weighted by Crippen LogP contribution is -2.10. The average Bonchev–Trinajstić information content (AvgIpc) is 2.40. The van der Waals surface area contributed by atoms with Crippen molar-refractivity contribution in [3.63, 3.8) is 0 Å². The van der Waals surface area contributed by atoms with E-state index < -0.39 is 9.84 Å². The number of aryl methyl sites for hydroxylation is 3. The molecule has 5 heteroatoms. The van der Waals surface area contributed by atoms with Crippen LogP contribution >= 0.6 is 0 Å². The highest BCUT2D eigenvalue weighted by atomic mass is 32.2. The summed E-state index contributed by atoms with van der Waals surface area (Å²) < 4.78 is 26.1. The first-order chi connectivity index (χ1) is 10.1. The summed E-state index contributed by atoms with van der Waals surface area (Å²) in [5.41, 5.74) is 2.77. The summed E-state index contributed by atoms with van der Waals surface area (Å²) >= 11 is 0. The third kappa shape index (κ3) is 2.35. The highest BCUT2D eigenvalue weighted by molar-refractivity contribution is 7.91. The molecule has 2 aromatic rings. The van der Waals surface area contributed by atoms with Gasteiger partial charge < -0.3 is 10.2 Å². The zero-order valence-electron chi connectivity index (χ0n) is 13.4. The van der Waals surface area contributed by atoms with Crippen molar-refractivity contribution in [2.45, 2.75) is 44.4 Å². The van der Waals surface area contributed by atoms with Crippen LogP contribution in [0.15, 0.2) is 28.0 Å². The Morgan fingerprint density at radius 2 is 1.36 bits per heavy atom. The lowest BCUT2D eigenvalue weighted by molar-refractivity contribution is 0.455. The number of phenols is 2. The van der Waals surface area contributed by atoms with Crippen LogP contribution in [-0.2, 0) is 9.84 Å². The molecule has 0 atom stereocenters. The van der Waals surface area contributed by atoms with Crippen LogP contribution in [0.1, 0.15) is 27.8 Å². The summed E-state index contributed by atoms with van der Waals surface area (Å²) in [5, 5.41) is 20.2. The molecule has 0 amide bonds. The monoisotopic (exact) mass is 320 g/mol. The van der Waals surface area contributed by atoms with E-state index in [-0.39, 0.29) is 21.3 Å². The molecule has 2 N–H and O–H groups in total. The molecule has 0 bridgehead atoms. The maximum absolute atomic E-state index is 13.1. The van der Waals surface area contributed by atoms with E-state index in [0.29, 0.717) is 22.3 Å². The fraction of sp³-hybridized carbons (Fsp3) is 0.294. The molecule has 0 unspecified atom stereocenters. The van der Waals surface area contributed by atoms with Gasteiger partial charge in [0.2, 0.25) is 9.84 Å². The molecular formula is C17H20O4S. The molecule has 0 aliphatic rings. The Hall–Kier alpha value is -2.01. The van der Waals surface area contributed by atoms with Crippen molar-refractivity contribution < 1.29 is 18.6 Å². The summed E-state index contributed by atoms with van der Waals surface area (Å²) in [6, 6.07) is 4.70. The molecule has 0 heterocycles. The van der Waals surface area contributed by atoms with Crippen LogP contribution in [0.4, 0.5) is 0 Å². The predicted octanol–water partition coefficient (Wildman–Crippen LogP) is 3.47. The van der Waals surface area contributed by atoms with E-state index in [2.05, 4.69) is 0 Å². The van der Waals surface area contributed by atoms with Gasteiger partial charge in [-0.2, -0.15) is 0 Å². The molecule has 22 heavy (non-hydrogen) atoms. The highest BCUT2D eigenvalue weighted by Gasteiger charge is 2.29. The van der Waals surface area contributed by atoms with E-state index in [9.17, 15) is 18.6 Å². The average molecular weight is 320 g/mol. The molecule has 0 aliphatic carbocycles. The second kappa shape index (κ2) is 5.32. The number of phenolic OH excluding ortho intramolecular Hbond substituents is 2. The molecule has 0 radical (unpaired) electrons. The van der Waals surface area contributed by atoms with Gasteiger partial charge in [0.1, 0.15) is 16.4 Å². The predicted molar refractivity (Wildman–Crippen MR) is 85.4 cm³/mol. The Bertz CT molecular complexity index is 865. The van der Waals surface area contributed by atoms with Crippen LogP contribution in [0.5, 0.6) is 11.5 Å². The highest BCUT2D eigenvalue weighted by Crippen LogP contribution is 2.38. The van der Waals surface area contributed by atoms with Crippen LogP contribution < -0.4 is 0 Å². The van der Waals surface area contributed by atoms with Gasteiger partial charge in [0.25, 0.3) is 0 Å². The van der Waals surface area contributed by atoms with Crippen LogP contribution in [0.25, 0.3) is 0 Å². The molecule has 2 rings (SSSR count). The fourth-order valence-electron chi connectivity index (χ4n) is 2.79. The summed E-state index contributed by atoms with van der Waals surface area (Å²) in [6.45, 7) is 8.45. The first kappa shape index (κ1) is 16.4. The third-order valence-electron chi connectivity index (χ3n) is 4.05. The van der Waals surface area contributed by atoms with Gasteiger partial charge in [-0.3, -0.25) is 0 Å². The lowest BCUT2D eigenvalue weighted by Gasteiger charge is -2.17.